The molecule has 1 rings (SSSR count). The fraction of sp³-hybridized carbons (Fsp3) is 0.600. The van der Waals surface area contributed by atoms with Crippen molar-refractivity contribution in [2.45, 2.75) is 26.3 Å². The summed E-state index contributed by atoms with van der Waals surface area (Å²) in [6, 6.07) is -0.332. The molecule has 4 heteroatoms. The minimum Gasteiger partial charge on any atom is -0.345 e. The summed E-state index contributed by atoms with van der Waals surface area (Å²) in [4.78, 5) is 24.3. The van der Waals surface area contributed by atoms with Crippen molar-refractivity contribution < 1.29 is 9.59 Å². The lowest BCUT2D eigenvalue weighted by Crippen LogP contribution is -2.57. The average Bonchev–Trinajstić information content (AvgIpc) is 2.18. The predicted octanol–water partition coefficient (Wildman–Crippen LogP) is 0.299. The van der Waals surface area contributed by atoms with E-state index in [1.807, 2.05) is 19.1 Å². The first-order valence-electron chi connectivity index (χ1n) is 4.85. The molecule has 1 atom stereocenters. The summed E-state index contributed by atoms with van der Waals surface area (Å²) in [5.74, 6) is -0.0633. The predicted molar refractivity (Wildman–Crippen MR) is 53.6 cm³/mol. The molecule has 1 N–H and O–H groups in total. The van der Waals surface area contributed by atoms with Crippen LogP contribution >= 0.6 is 0 Å². The fourth-order valence-electron chi connectivity index (χ4n) is 1.47. The first-order valence-corrected chi connectivity index (χ1v) is 4.85. The Balaban J connectivity index is 2.54. The molecule has 0 aliphatic carbocycles. The molecular formula is C10H16N2O2. The molecule has 0 aromatic carbocycles. The molecular weight excluding hydrogens is 180 g/mol. The van der Waals surface area contributed by atoms with Gasteiger partial charge in [0.15, 0.2) is 0 Å². The Morgan fingerprint density at radius 3 is 2.93 bits per heavy atom. The van der Waals surface area contributed by atoms with Gasteiger partial charge in [0.1, 0.15) is 6.04 Å². The SMILES string of the molecule is C/C=C/CCN1C(=O)CNC(=O)C1C. The second kappa shape index (κ2) is 4.79. The highest BCUT2D eigenvalue weighted by Crippen LogP contribution is 2.06. The summed E-state index contributed by atoms with van der Waals surface area (Å²) < 4.78 is 0. The first-order chi connectivity index (χ1) is 6.66. The maximum atomic E-state index is 11.4. The Bertz CT molecular complexity index is 261. The molecule has 1 aliphatic rings. The van der Waals surface area contributed by atoms with Crippen molar-refractivity contribution in [3.8, 4) is 0 Å². The Morgan fingerprint density at radius 2 is 2.29 bits per heavy atom. The highest BCUT2D eigenvalue weighted by Gasteiger charge is 2.29. The van der Waals surface area contributed by atoms with E-state index in [4.69, 9.17) is 0 Å². The number of rotatable bonds is 3. The van der Waals surface area contributed by atoms with E-state index >= 15 is 0 Å². The third-order valence-electron chi connectivity index (χ3n) is 2.35. The molecule has 78 valence electrons. The molecule has 0 bridgehead atoms. The molecule has 1 saturated heterocycles. The van der Waals surface area contributed by atoms with Crippen LogP contribution in [0.25, 0.3) is 0 Å². The second-order valence-electron chi connectivity index (χ2n) is 3.34. The van der Waals surface area contributed by atoms with Crippen LogP contribution in [0.15, 0.2) is 12.2 Å². The topological polar surface area (TPSA) is 49.4 Å². The number of allylic oxidation sites excluding steroid dienone is 1. The molecule has 0 spiro atoms. The van der Waals surface area contributed by atoms with Gasteiger partial charge < -0.3 is 10.2 Å². The zero-order valence-corrected chi connectivity index (χ0v) is 8.62. The van der Waals surface area contributed by atoms with E-state index in [0.717, 1.165) is 6.42 Å². The zero-order valence-electron chi connectivity index (χ0n) is 8.62. The van der Waals surface area contributed by atoms with Gasteiger partial charge in [0.2, 0.25) is 11.8 Å². The Kier molecular flexibility index (Phi) is 3.68. The van der Waals surface area contributed by atoms with Gasteiger partial charge in [-0.2, -0.15) is 0 Å². The lowest BCUT2D eigenvalue weighted by Gasteiger charge is -2.32. The quantitative estimate of drug-likeness (QED) is 0.660. The largest absolute Gasteiger partial charge is 0.345 e. The minimum absolute atomic E-state index is 0.00148. The van der Waals surface area contributed by atoms with Gasteiger partial charge in [-0.05, 0) is 20.3 Å². The van der Waals surface area contributed by atoms with Crippen LogP contribution in [0.2, 0.25) is 0 Å². The van der Waals surface area contributed by atoms with Gasteiger partial charge in [-0.25, -0.2) is 0 Å². The number of piperazine rings is 1. The third kappa shape index (κ3) is 2.34. The molecule has 1 fully saturated rings. The van der Waals surface area contributed by atoms with Crippen LogP contribution in [-0.4, -0.2) is 35.8 Å². The van der Waals surface area contributed by atoms with E-state index in [0.29, 0.717) is 6.54 Å². The van der Waals surface area contributed by atoms with Crippen LogP contribution in [0.4, 0.5) is 0 Å². The van der Waals surface area contributed by atoms with Gasteiger partial charge in [0, 0.05) is 6.54 Å². The molecule has 1 aliphatic heterocycles. The summed E-state index contributed by atoms with van der Waals surface area (Å²) in [5, 5.41) is 2.55. The molecule has 0 saturated carbocycles. The second-order valence-corrected chi connectivity index (χ2v) is 3.34. The average molecular weight is 196 g/mol. The fourth-order valence-corrected chi connectivity index (χ4v) is 1.47. The highest BCUT2D eigenvalue weighted by molar-refractivity contribution is 5.94. The standard InChI is InChI=1S/C10H16N2O2/c1-3-4-5-6-12-8(2)10(14)11-7-9(12)13/h3-4,8H,5-7H2,1-2H3,(H,11,14)/b4-3+. The number of hydrogen-bond donors (Lipinski definition) is 1. The van der Waals surface area contributed by atoms with E-state index in [-0.39, 0.29) is 24.4 Å². The van der Waals surface area contributed by atoms with Crippen LogP contribution in [0.1, 0.15) is 20.3 Å². The summed E-state index contributed by atoms with van der Waals surface area (Å²) >= 11 is 0. The van der Waals surface area contributed by atoms with E-state index in [2.05, 4.69) is 5.32 Å². The Morgan fingerprint density at radius 1 is 1.57 bits per heavy atom. The van der Waals surface area contributed by atoms with Crippen molar-refractivity contribution >= 4 is 11.8 Å². The molecule has 1 heterocycles. The van der Waals surface area contributed by atoms with Crippen molar-refractivity contribution in [2.75, 3.05) is 13.1 Å². The maximum Gasteiger partial charge on any atom is 0.242 e. The Hall–Kier alpha value is -1.32. The number of nitrogens with zero attached hydrogens (tertiary/aromatic N) is 1. The maximum absolute atomic E-state index is 11.4. The van der Waals surface area contributed by atoms with Gasteiger partial charge in [-0.3, -0.25) is 9.59 Å². The lowest BCUT2D eigenvalue weighted by atomic mass is 10.2. The normalized spacial score (nSPS) is 23.0. The minimum atomic E-state index is -0.332. The van der Waals surface area contributed by atoms with Crippen molar-refractivity contribution in [3.63, 3.8) is 0 Å². The van der Waals surface area contributed by atoms with E-state index in [1.54, 1.807) is 11.8 Å². The number of nitrogens with one attached hydrogen (secondary N) is 1. The molecule has 0 radical (unpaired) electrons. The molecule has 14 heavy (non-hydrogen) atoms. The summed E-state index contributed by atoms with van der Waals surface area (Å²) in [6.07, 6.45) is 4.74. The van der Waals surface area contributed by atoms with Crippen LogP contribution in [-0.2, 0) is 9.59 Å². The van der Waals surface area contributed by atoms with Crippen LogP contribution < -0.4 is 5.32 Å². The van der Waals surface area contributed by atoms with Gasteiger partial charge in [0.05, 0.1) is 6.54 Å². The molecule has 0 aromatic heterocycles. The van der Waals surface area contributed by atoms with E-state index < -0.39 is 0 Å². The molecule has 0 aromatic rings. The summed E-state index contributed by atoms with van der Waals surface area (Å²) in [6.45, 7) is 4.45. The Labute approximate surface area is 84.0 Å². The number of carbonyl (C=O) groups is 2. The van der Waals surface area contributed by atoms with Crippen molar-refractivity contribution in [2.24, 2.45) is 0 Å². The highest BCUT2D eigenvalue weighted by atomic mass is 16.2. The van der Waals surface area contributed by atoms with Gasteiger partial charge >= 0.3 is 0 Å². The molecule has 2 amide bonds. The zero-order chi connectivity index (χ0) is 10.6. The summed E-state index contributed by atoms with van der Waals surface area (Å²) in [7, 11) is 0. The van der Waals surface area contributed by atoms with E-state index in [1.165, 1.54) is 0 Å². The van der Waals surface area contributed by atoms with Crippen LogP contribution in [0.5, 0.6) is 0 Å². The van der Waals surface area contributed by atoms with Gasteiger partial charge in [-0.15, -0.1) is 0 Å². The van der Waals surface area contributed by atoms with Gasteiger partial charge in [-0.1, -0.05) is 12.2 Å². The third-order valence-corrected chi connectivity index (χ3v) is 2.35. The van der Waals surface area contributed by atoms with Crippen molar-refractivity contribution in [1.29, 1.82) is 0 Å². The van der Waals surface area contributed by atoms with Crippen molar-refractivity contribution in [1.82, 2.24) is 10.2 Å². The van der Waals surface area contributed by atoms with E-state index in [9.17, 15) is 9.59 Å². The number of carbonyl (C=O) groups excluding carboxylic acids is 2. The van der Waals surface area contributed by atoms with Crippen LogP contribution in [0, 0.1) is 0 Å². The molecule has 1 unspecified atom stereocenters. The monoisotopic (exact) mass is 196 g/mol. The van der Waals surface area contributed by atoms with Crippen LogP contribution in [0.3, 0.4) is 0 Å². The number of amides is 2. The first kappa shape index (κ1) is 10.8. The van der Waals surface area contributed by atoms with Gasteiger partial charge in [0.25, 0.3) is 0 Å². The smallest absolute Gasteiger partial charge is 0.242 e. The van der Waals surface area contributed by atoms with Crippen molar-refractivity contribution in [3.05, 3.63) is 12.2 Å². The lowest BCUT2D eigenvalue weighted by molar-refractivity contribution is -0.144. The molecule has 4 nitrogen and oxygen atoms in total. The number of hydrogen-bond acceptors (Lipinski definition) is 2. The summed E-state index contributed by atoms with van der Waals surface area (Å²) in [5.41, 5.74) is 0.